The number of benzene rings is 2. The molecule has 0 aliphatic rings. The molecule has 2 aromatic carbocycles. The molecule has 0 aliphatic heterocycles. The van der Waals surface area contributed by atoms with E-state index < -0.39 is 0 Å². The summed E-state index contributed by atoms with van der Waals surface area (Å²) in [4.78, 5) is 12.3. The Labute approximate surface area is 154 Å². The van der Waals surface area contributed by atoms with E-state index in [9.17, 15) is 4.79 Å². The van der Waals surface area contributed by atoms with Gasteiger partial charge in [-0.2, -0.15) is 0 Å². The predicted molar refractivity (Wildman–Crippen MR) is 100 cm³/mol. The summed E-state index contributed by atoms with van der Waals surface area (Å²) in [7, 11) is 1.86. The molecule has 0 saturated carbocycles. The van der Waals surface area contributed by atoms with E-state index >= 15 is 0 Å². The minimum absolute atomic E-state index is 0. The van der Waals surface area contributed by atoms with E-state index in [0.717, 1.165) is 5.56 Å². The van der Waals surface area contributed by atoms with Crippen molar-refractivity contribution in [3.05, 3.63) is 64.7 Å². The second kappa shape index (κ2) is 10.2. The molecule has 0 heterocycles. The quantitative estimate of drug-likeness (QED) is 0.783. The van der Waals surface area contributed by atoms with Crippen LogP contribution < -0.4 is 15.4 Å². The molecule has 130 valence electrons. The SMILES string of the molecule is CNC(C)CNC(=O)c1ccccc1OCc1ccc(Cl)cc1.Cl. The number of rotatable bonds is 7. The molecule has 1 amide bonds. The van der Waals surface area contributed by atoms with Crippen LogP contribution in [0.2, 0.25) is 5.02 Å². The van der Waals surface area contributed by atoms with Gasteiger partial charge in [-0.1, -0.05) is 35.9 Å². The number of carbonyl (C=O) groups is 1. The van der Waals surface area contributed by atoms with Crippen LogP contribution in [0.5, 0.6) is 5.75 Å². The summed E-state index contributed by atoms with van der Waals surface area (Å²) in [5, 5.41) is 6.66. The summed E-state index contributed by atoms with van der Waals surface area (Å²) in [5.41, 5.74) is 1.53. The average molecular weight is 369 g/mol. The van der Waals surface area contributed by atoms with Gasteiger partial charge in [0.2, 0.25) is 0 Å². The van der Waals surface area contributed by atoms with E-state index in [1.165, 1.54) is 0 Å². The topological polar surface area (TPSA) is 50.4 Å². The Morgan fingerprint density at radius 2 is 1.83 bits per heavy atom. The van der Waals surface area contributed by atoms with Crippen molar-refractivity contribution in [2.24, 2.45) is 0 Å². The third kappa shape index (κ3) is 6.04. The summed E-state index contributed by atoms with van der Waals surface area (Å²) in [6.07, 6.45) is 0. The maximum absolute atomic E-state index is 12.3. The van der Waals surface area contributed by atoms with Gasteiger partial charge >= 0.3 is 0 Å². The zero-order valence-corrected chi connectivity index (χ0v) is 15.3. The van der Waals surface area contributed by atoms with Crippen molar-refractivity contribution in [1.29, 1.82) is 0 Å². The molecular formula is C18H22Cl2N2O2. The second-order valence-electron chi connectivity index (χ2n) is 5.31. The summed E-state index contributed by atoms with van der Waals surface area (Å²) in [5.74, 6) is 0.427. The highest BCUT2D eigenvalue weighted by Crippen LogP contribution is 2.20. The molecule has 1 atom stereocenters. The number of amides is 1. The van der Waals surface area contributed by atoms with Crippen LogP contribution in [0.4, 0.5) is 0 Å². The Hall–Kier alpha value is -1.75. The van der Waals surface area contributed by atoms with E-state index in [4.69, 9.17) is 16.3 Å². The normalized spacial score (nSPS) is 11.3. The molecule has 6 heteroatoms. The lowest BCUT2D eigenvalue weighted by atomic mass is 10.1. The van der Waals surface area contributed by atoms with Gasteiger partial charge in [0.1, 0.15) is 12.4 Å². The van der Waals surface area contributed by atoms with E-state index in [2.05, 4.69) is 10.6 Å². The number of likely N-dealkylation sites (N-methyl/N-ethyl adjacent to an activating group) is 1. The second-order valence-corrected chi connectivity index (χ2v) is 5.75. The van der Waals surface area contributed by atoms with Crippen LogP contribution in [-0.4, -0.2) is 25.5 Å². The third-order valence-corrected chi connectivity index (χ3v) is 3.75. The molecule has 0 radical (unpaired) electrons. The summed E-state index contributed by atoms with van der Waals surface area (Å²) >= 11 is 5.87. The van der Waals surface area contributed by atoms with Gasteiger partial charge in [0.15, 0.2) is 0 Å². The molecule has 2 rings (SSSR count). The number of nitrogens with one attached hydrogen (secondary N) is 2. The molecule has 0 aliphatic carbocycles. The lowest BCUT2D eigenvalue weighted by molar-refractivity contribution is 0.0946. The van der Waals surface area contributed by atoms with Crippen molar-refractivity contribution >= 4 is 29.9 Å². The Balaban J connectivity index is 0.00000288. The fourth-order valence-corrected chi connectivity index (χ4v) is 2.09. The van der Waals surface area contributed by atoms with E-state index in [1.54, 1.807) is 12.1 Å². The maximum atomic E-state index is 12.3. The number of carbonyl (C=O) groups excluding carboxylic acids is 1. The van der Waals surface area contributed by atoms with Crippen LogP contribution in [0, 0.1) is 0 Å². The molecule has 0 aromatic heterocycles. The first kappa shape index (κ1) is 20.3. The lowest BCUT2D eigenvalue weighted by Crippen LogP contribution is -2.37. The zero-order valence-electron chi connectivity index (χ0n) is 13.7. The van der Waals surface area contributed by atoms with Crippen molar-refractivity contribution in [3.63, 3.8) is 0 Å². The van der Waals surface area contributed by atoms with E-state index in [0.29, 0.717) is 29.5 Å². The molecule has 0 spiro atoms. The van der Waals surface area contributed by atoms with Gasteiger partial charge in [-0.25, -0.2) is 0 Å². The van der Waals surface area contributed by atoms with Gasteiger partial charge in [0, 0.05) is 17.6 Å². The minimum atomic E-state index is -0.140. The predicted octanol–water partition coefficient (Wildman–Crippen LogP) is 3.68. The summed E-state index contributed by atoms with van der Waals surface area (Å²) in [6.45, 7) is 2.94. The first-order valence-corrected chi connectivity index (χ1v) is 7.89. The van der Waals surface area contributed by atoms with Gasteiger partial charge in [-0.05, 0) is 43.8 Å². The lowest BCUT2D eigenvalue weighted by Gasteiger charge is -2.14. The highest BCUT2D eigenvalue weighted by molar-refractivity contribution is 6.30. The molecule has 0 fully saturated rings. The smallest absolute Gasteiger partial charge is 0.255 e. The van der Waals surface area contributed by atoms with Crippen molar-refractivity contribution < 1.29 is 9.53 Å². The number of ether oxygens (including phenoxy) is 1. The van der Waals surface area contributed by atoms with Gasteiger partial charge in [-0.3, -0.25) is 4.79 Å². The number of hydrogen-bond acceptors (Lipinski definition) is 3. The Kier molecular flexibility index (Phi) is 8.61. The van der Waals surface area contributed by atoms with Crippen LogP contribution in [-0.2, 0) is 6.61 Å². The largest absolute Gasteiger partial charge is 0.488 e. The third-order valence-electron chi connectivity index (χ3n) is 3.50. The molecular weight excluding hydrogens is 347 g/mol. The van der Waals surface area contributed by atoms with Gasteiger partial charge < -0.3 is 15.4 Å². The number of para-hydroxylation sites is 1. The Morgan fingerprint density at radius 3 is 2.50 bits per heavy atom. The summed E-state index contributed by atoms with van der Waals surface area (Å²) < 4.78 is 5.80. The molecule has 0 bridgehead atoms. The molecule has 24 heavy (non-hydrogen) atoms. The minimum Gasteiger partial charge on any atom is -0.488 e. The van der Waals surface area contributed by atoms with Gasteiger partial charge in [0.25, 0.3) is 5.91 Å². The standard InChI is InChI=1S/C18H21ClN2O2.ClH/c1-13(20-2)11-21-18(22)16-5-3-4-6-17(16)23-12-14-7-9-15(19)10-8-14;/h3-10,13,20H,11-12H2,1-2H3,(H,21,22);1H. The summed E-state index contributed by atoms with van der Waals surface area (Å²) in [6, 6.07) is 14.9. The molecule has 1 unspecified atom stereocenters. The van der Waals surface area contributed by atoms with Crippen LogP contribution >= 0.6 is 24.0 Å². The van der Waals surface area contributed by atoms with Gasteiger partial charge in [0.05, 0.1) is 5.56 Å². The van der Waals surface area contributed by atoms with E-state index in [1.807, 2.05) is 50.4 Å². The van der Waals surface area contributed by atoms with Crippen molar-refractivity contribution in [3.8, 4) is 5.75 Å². The average Bonchev–Trinajstić information content (AvgIpc) is 2.59. The fourth-order valence-electron chi connectivity index (χ4n) is 1.96. The molecule has 4 nitrogen and oxygen atoms in total. The molecule has 2 N–H and O–H groups in total. The zero-order chi connectivity index (χ0) is 16.7. The number of hydrogen-bond donors (Lipinski definition) is 2. The van der Waals surface area contributed by atoms with Crippen molar-refractivity contribution in [2.75, 3.05) is 13.6 Å². The Morgan fingerprint density at radius 1 is 1.17 bits per heavy atom. The fraction of sp³-hybridized carbons (Fsp3) is 0.278. The van der Waals surface area contributed by atoms with Gasteiger partial charge in [-0.15, -0.1) is 12.4 Å². The first-order chi connectivity index (χ1) is 11.1. The first-order valence-electron chi connectivity index (χ1n) is 7.52. The maximum Gasteiger partial charge on any atom is 0.255 e. The van der Waals surface area contributed by atoms with Crippen molar-refractivity contribution in [1.82, 2.24) is 10.6 Å². The monoisotopic (exact) mass is 368 g/mol. The highest BCUT2D eigenvalue weighted by Gasteiger charge is 2.12. The van der Waals surface area contributed by atoms with Crippen LogP contribution in [0.3, 0.4) is 0 Å². The number of halogens is 2. The molecule has 0 saturated heterocycles. The van der Waals surface area contributed by atoms with Crippen LogP contribution in [0.15, 0.2) is 48.5 Å². The molecule has 2 aromatic rings. The van der Waals surface area contributed by atoms with E-state index in [-0.39, 0.29) is 24.4 Å². The van der Waals surface area contributed by atoms with Crippen molar-refractivity contribution in [2.45, 2.75) is 19.6 Å². The van der Waals surface area contributed by atoms with Crippen LogP contribution in [0.1, 0.15) is 22.8 Å². The van der Waals surface area contributed by atoms with Crippen LogP contribution in [0.25, 0.3) is 0 Å². The Bertz CT molecular complexity index is 648. The highest BCUT2D eigenvalue weighted by atomic mass is 35.5.